The lowest BCUT2D eigenvalue weighted by Crippen LogP contribution is -2.07. The number of nitrogens with zero attached hydrogens (tertiary/aromatic N) is 1. The maximum absolute atomic E-state index is 11.5. The topological polar surface area (TPSA) is 55.1 Å². The highest BCUT2D eigenvalue weighted by Crippen LogP contribution is 2.14. The average Bonchev–Trinajstić information content (AvgIpc) is 2.17. The number of halogens is 1. The molecule has 5 heteroatoms. The number of benzene rings is 1. The summed E-state index contributed by atoms with van der Waals surface area (Å²) >= 11 is 2.18. The Labute approximate surface area is 99.8 Å². The van der Waals surface area contributed by atoms with Crippen molar-refractivity contribution in [3.05, 3.63) is 32.2 Å². The van der Waals surface area contributed by atoms with Crippen LogP contribution in [0.3, 0.4) is 0 Å². The van der Waals surface area contributed by atoms with Crippen LogP contribution in [-0.4, -0.2) is 11.5 Å². The molecule has 0 atom stereocenters. The van der Waals surface area contributed by atoms with Gasteiger partial charge in [-0.25, -0.2) is 4.79 Å². The Balaban J connectivity index is 2.68. The Morgan fingerprint density at radius 3 is 3.07 bits per heavy atom. The molecule has 1 N–H and O–H groups in total. The number of aromatic nitrogens is 1. The Morgan fingerprint density at radius 1 is 1.53 bits per heavy atom. The summed E-state index contributed by atoms with van der Waals surface area (Å²) in [4.78, 5) is 15.7. The molecule has 78 valence electrons. The molecular formula is C10H9IN2O2. The molecule has 0 bridgehead atoms. The molecule has 2 aromatic rings. The van der Waals surface area contributed by atoms with Gasteiger partial charge in [0.05, 0.1) is 10.9 Å². The monoisotopic (exact) mass is 316 g/mol. The van der Waals surface area contributed by atoms with Crippen LogP contribution in [0.1, 0.15) is 6.92 Å². The Hall–Kier alpha value is -1.11. The van der Waals surface area contributed by atoms with Gasteiger partial charge < -0.3 is 9.73 Å². The second-order valence-corrected chi connectivity index (χ2v) is 4.24. The third kappa shape index (κ3) is 2.11. The second kappa shape index (κ2) is 4.18. The van der Waals surface area contributed by atoms with Crippen molar-refractivity contribution >= 4 is 39.5 Å². The lowest BCUT2D eigenvalue weighted by atomic mass is 10.2. The third-order valence-electron chi connectivity index (χ3n) is 1.92. The van der Waals surface area contributed by atoms with Gasteiger partial charge in [0.2, 0.25) is 0 Å². The molecule has 0 saturated carbocycles. The minimum atomic E-state index is -0.354. The highest BCUT2D eigenvalue weighted by molar-refractivity contribution is 14.1. The summed E-state index contributed by atoms with van der Waals surface area (Å²) < 4.78 is 6.03. The quantitative estimate of drug-likeness (QED) is 0.863. The average molecular weight is 316 g/mol. The molecule has 15 heavy (non-hydrogen) atoms. The number of nitrogens with one attached hydrogen (secondary N) is 1. The number of fused-ring (bicyclic) bond motifs is 1. The molecule has 0 aliphatic rings. The van der Waals surface area contributed by atoms with E-state index in [1.165, 1.54) is 0 Å². The number of hydrogen-bond acceptors (Lipinski definition) is 4. The van der Waals surface area contributed by atoms with E-state index in [2.05, 4.69) is 32.9 Å². The van der Waals surface area contributed by atoms with Crippen molar-refractivity contribution in [3.63, 3.8) is 0 Å². The van der Waals surface area contributed by atoms with Gasteiger partial charge in [0, 0.05) is 10.1 Å². The standard InChI is InChI=1S/C10H9IN2O2/c1-2-12-10-13-8-5-6(11)3-4-7(8)9(14)15-10/h3-5H,2H2,1H3,(H,12,13). The first-order valence-corrected chi connectivity index (χ1v) is 5.63. The van der Waals surface area contributed by atoms with Crippen molar-refractivity contribution in [3.8, 4) is 0 Å². The molecule has 1 aromatic heterocycles. The van der Waals surface area contributed by atoms with Gasteiger partial charge in [-0.15, -0.1) is 0 Å². The largest absolute Gasteiger partial charge is 0.389 e. The zero-order valence-electron chi connectivity index (χ0n) is 8.08. The van der Waals surface area contributed by atoms with Crippen molar-refractivity contribution < 1.29 is 4.42 Å². The van der Waals surface area contributed by atoms with Crippen molar-refractivity contribution in [2.75, 3.05) is 11.9 Å². The first-order chi connectivity index (χ1) is 7.20. The molecule has 0 aliphatic heterocycles. The summed E-state index contributed by atoms with van der Waals surface area (Å²) in [7, 11) is 0. The summed E-state index contributed by atoms with van der Waals surface area (Å²) in [6.45, 7) is 2.59. The van der Waals surface area contributed by atoms with Crippen molar-refractivity contribution in [2.24, 2.45) is 0 Å². The summed E-state index contributed by atoms with van der Waals surface area (Å²) in [6, 6.07) is 5.71. The SMILES string of the molecule is CCNc1nc2cc(I)ccc2c(=O)o1. The summed E-state index contributed by atoms with van der Waals surface area (Å²) in [5, 5.41) is 3.39. The van der Waals surface area contributed by atoms with E-state index in [9.17, 15) is 4.79 Å². The smallest absolute Gasteiger partial charge is 0.348 e. The van der Waals surface area contributed by atoms with Gasteiger partial charge in [0.25, 0.3) is 6.01 Å². The van der Waals surface area contributed by atoms with Crippen LogP contribution in [0.4, 0.5) is 6.01 Å². The molecule has 1 aromatic carbocycles. The third-order valence-corrected chi connectivity index (χ3v) is 2.59. The van der Waals surface area contributed by atoms with Crippen LogP contribution in [0.15, 0.2) is 27.4 Å². The van der Waals surface area contributed by atoms with E-state index in [1.54, 1.807) is 6.07 Å². The van der Waals surface area contributed by atoms with Gasteiger partial charge in [-0.05, 0) is 47.7 Å². The molecule has 0 fully saturated rings. The minimum absolute atomic E-state index is 0.275. The first kappa shape index (κ1) is 10.4. The van der Waals surface area contributed by atoms with E-state index in [0.717, 1.165) is 3.57 Å². The normalized spacial score (nSPS) is 10.5. The highest BCUT2D eigenvalue weighted by atomic mass is 127. The maximum Gasteiger partial charge on any atom is 0.348 e. The van der Waals surface area contributed by atoms with Gasteiger partial charge in [0.1, 0.15) is 0 Å². The van der Waals surface area contributed by atoms with Crippen LogP contribution in [0, 0.1) is 3.57 Å². The van der Waals surface area contributed by atoms with Crippen molar-refractivity contribution in [1.29, 1.82) is 0 Å². The highest BCUT2D eigenvalue weighted by Gasteiger charge is 2.05. The molecule has 0 aliphatic carbocycles. The molecule has 1 heterocycles. The van der Waals surface area contributed by atoms with Gasteiger partial charge >= 0.3 is 5.63 Å². The molecule has 0 saturated heterocycles. The molecule has 2 rings (SSSR count). The Kier molecular flexibility index (Phi) is 2.90. The molecule has 4 nitrogen and oxygen atoms in total. The Morgan fingerprint density at radius 2 is 2.33 bits per heavy atom. The van der Waals surface area contributed by atoms with Crippen LogP contribution in [0.2, 0.25) is 0 Å². The predicted molar refractivity (Wildman–Crippen MR) is 67.2 cm³/mol. The van der Waals surface area contributed by atoms with E-state index in [0.29, 0.717) is 17.4 Å². The van der Waals surface area contributed by atoms with E-state index < -0.39 is 0 Å². The summed E-state index contributed by atoms with van der Waals surface area (Å²) in [5.41, 5.74) is 0.307. The summed E-state index contributed by atoms with van der Waals surface area (Å²) in [6.07, 6.45) is 0. The molecule has 0 unspecified atom stereocenters. The predicted octanol–water partition coefficient (Wildman–Crippen LogP) is 2.22. The van der Waals surface area contributed by atoms with E-state index in [-0.39, 0.29) is 11.6 Å². The maximum atomic E-state index is 11.5. The van der Waals surface area contributed by atoms with E-state index in [4.69, 9.17) is 4.42 Å². The molecular weight excluding hydrogens is 307 g/mol. The fourth-order valence-electron chi connectivity index (χ4n) is 1.27. The number of anilines is 1. The van der Waals surface area contributed by atoms with Crippen LogP contribution >= 0.6 is 22.6 Å². The number of hydrogen-bond donors (Lipinski definition) is 1. The lowest BCUT2D eigenvalue weighted by molar-refractivity contribution is 0.517. The Bertz CT molecular complexity index is 551. The second-order valence-electron chi connectivity index (χ2n) is 3.00. The van der Waals surface area contributed by atoms with Gasteiger partial charge in [-0.3, -0.25) is 0 Å². The molecule has 0 radical (unpaired) electrons. The van der Waals surface area contributed by atoms with Crippen molar-refractivity contribution in [1.82, 2.24) is 4.98 Å². The van der Waals surface area contributed by atoms with Gasteiger partial charge in [-0.1, -0.05) is 0 Å². The zero-order chi connectivity index (χ0) is 10.8. The minimum Gasteiger partial charge on any atom is -0.389 e. The van der Waals surface area contributed by atoms with Crippen LogP contribution in [-0.2, 0) is 0 Å². The van der Waals surface area contributed by atoms with E-state index in [1.807, 2.05) is 19.1 Å². The fraction of sp³-hybridized carbons (Fsp3) is 0.200. The summed E-state index contributed by atoms with van der Waals surface area (Å²) in [5.74, 6) is 0. The van der Waals surface area contributed by atoms with Crippen LogP contribution in [0.5, 0.6) is 0 Å². The number of rotatable bonds is 2. The lowest BCUT2D eigenvalue weighted by Gasteiger charge is -2.01. The van der Waals surface area contributed by atoms with Crippen LogP contribution in [0.25, 0.3) is 10.9 Å². The molecule has 0 amide bonds. The molecule has 0 spiro atoms. The van der Waals surface area contributed by atoms with Crippen LogP contribution < -0.4 is 10.9 Å². The van der Waals surface area contributed by atoms with Crippen molar-refractivity contribution in [2.45, 2.75) is 6.92 Å². The zero-order valence-corrected chi connectivity index (χ0v) is 10.2. The van der Waals surface area contributed by atoms with E-state index >= 15 is 0 Å². The first-order valence-electron chi connectivity index (χ1n) is 4.55. The van der Waals surface area contributed by atoms with Gasteiger partial charge in [0.15, 0.2) is 0 Å². The van der Waals surface area contributed by atoms with Gasteiger partial charge in [-0.2, -0.15) is 4.98 Å². The fourth-order valence-corrected chi connectivity index (χ4v) is 1.75.